The molecule has 2 aromatic rings. The van der Waals surface area contributed by atoms with Crippen LogP contribution in [0.25, 0.3) is 0 Å². The summed E-state index contributed by atoms with van der Waals surface area (Å²) in [6.07, 6.45) is 0.870. The summed E-state index contributed by atoms with van der Waals surface area (Å²) in [6, 6.07) is 4.59. The summed E-state index contributed by atoms with van der Waals surface area (Å²) >= 11 is 1.15. The Hall–Kier alpha value is -2.37. The van der Waals surface area contributed by atoms with Crippen LogP contribution in [0.5, 0.6) is 0 Å². The average Bonchev–Trinajstić information content (AvgIpc) is 3.16. The molecule has 1 N–H and O–H groups in total. The van der Waals surface area contributed by atoms with Crippen LogP contribution in [0.4, 0.5) is 14.5 Å². The predicted molar refractivity (Wildman–Crippen MR) is 107 cm³/mol. The Balaban J connectivity index is 1.77. The number of hydrogen-bond donors (Lipinski definition) is 1. The number of nitrogens with zero attached hydrogens (tertiary/aromatic N) is 1. The third-order valence-electron chi connectivity index (χ3n) is 4.78. The first kappa shape index (κ1) is 22.3. The van der Waals surface area contributed by atoms with E-state index >= 15 is 0 Å². The largest absolute Gasteiger partial charge is 0.465 e. The highest BCUT2D eigenvalue weighted by atomic mass is 32.2. The van der Waals surface area contributed by atoms with E-state index in [1.165, 1.54) is 10.4 Å². The van der Waals surface area contributed by atoms with Crippen LogP contribution in [0.2, 0.25) is 0 Å². The van der Waals surface area contributed by atoms with Gasteiger partial charge in [-0.1, -0.05) is 0 Å². The Bertz CT molecular complexity index is 1080. The quantitative estimate of drug-likeness (QED) is 0.695. The van der Waals surface area contributed by atoms with Gasteiger partial charge in [0.25, 0.3) is 10.0 Å². The molecule has 1 atom stereocenters. The smallest absolute Gasteiger partial charge is 0.340 e. The van der Waals surface area contributed by atoms with E-state index in [1.807, 2.05) is 0 Å². The highest BCUT2D eigenvalue weighted by Gasteiger charge is 2.34. The van der Waals surface area contributed by atoms with Crippen LogP contribution in [0.15, 0.2) is 28.5 Å². The zero-order valence-electron chi connectivity index (χ0n) is 16.3. The van der Waals surface area contributed by atoms with Gasteiger partial charge in [0.2, 0.25) is 5.91 Å². The van der Waals surface area contributed by atoms with E-state index < -0.39 is 45.0 Å². The van der Waals surface area contributed by atoms with Crippen LogP contribution >= 0.6 is 11.3 Å². The molecule has 1 aromatic carbocycles. The van der Waals surface area contributed by atoms with Crippen LogP contribution in [0, 0.1) is 24.5 Å². The Morgan fingerprint density at radius 1 is 1.23 bits per heavy atom. The number of sulfonamides is 1. The fourth-order valence-electron chi connectivity index (χ4n) is 3.20. The van der Waals surface area contributed by atoms with Crippen molar-refractivity contribution in [1.29, 1.82) is 0 Å². The summed E-state index contributed by atoms with van der Waals surface area (Å²) in [7, 11) is -2.68. The summed E-state index contributed by atoms with van der Waals surface area (Å²) in [5, 5.41) is 2.34. The molecule has 0 radical (unpaired) electrons. The molecule has 0 saturated carbocycles. The zero-order chi connectivity index (χ0) is 22.1. The van der Waals surface area contributed by atoms with Gasteiger partial charge in [0, 0.05) is 24.0 Å². The third kappa shape index (κ3) is 4.52. The molecule has 1 aliphatic heterocycles. The van der Waals surface area contributed by atoms with Crippen molar-refractivity contribution in [3.05, 3.63) is 46.3 Å². The number of ether oxygens (including phenoxy) is 1. The van der Waals surface area contributed by atoms with Crippen molar-refractivity contribution in [1.82, 2.24) is 4.31 Å². The molecule has 0 unspecified atom stereocenters. The van der Waals surface area contributed by atoms with E-state index in [2.05, 4.69) is 10.1 Å². The number of anilines is 1. The Morgan fingerprint density at radius 3 is 2.60 bits per heavy atom. The van der Waals surface area contributed by atoms with Crippen LogP contribution in [0.3, 0.4) is 0 Å². The summed E-state index contributed by atoms with van der Waals surface area (Å²) in [5.41, 5.74) is -0.897. The van der Waals surface area contributed by atoms with Gasteiger partial charge in [0.05, 0.1) is 24.3 Å². The van der Waals surface area contributed by atoms with Gasteiger partial charge in [0.1, 0.15) is 15.8 Å². The van der Waals surface area contributed by atoms with Gasteiger partial charge >= 0.3 is 5.97 Å². The minimum atomic E-state index is -3.73. The Morgan fingerprint density at radius 2 is 1.97 bits per heavy atom. The fourth-order valence-corrected chi connectivity index (χ4v) is 6.16. The maximum atomic E-state index is 14.1. The Labute approximate surface area is 176 Å². The highest BCUT2D eigenvalue weighted by molar-refractivity contribution is 7.91. The summed E-state index contributed by atoms with van der Waals surface area (Å²) < 4.78 is 59.4. The lowest BCUT2D eigenvalue weighted by molar-refractivity contribution is -0.120. The van der Waals surface area contributed by atoms with Gasteiger partial charge in [-0.2, -0.15) is 4.31 Å². The molecule has 1 fully saturated rings. The minimum absolute atomic E-state index is 0.0578. The predicted octanol–water partition coefficient (Wildman–Crippen LogP) is 3.16. The number of thiophene rings is 1. The molecule has 1 aliphatic rings. The van der Waals surface area contributed by atoms with Crippen molar-refractivity contribution in [3.8, 4) is 0 Å². The maximum Gasteiger partial charge on any atom is 0.340 e. The van der Waals surface area contributed by atoms with E-state index in [0.29, 0.717) is 18.9 Å². The first-order chi connectivity index (χ1) is 14.1. The molecule has 30 heavy (non-hydrogen) atoms. The first-order valence-corrected chi connectivity index (χ1v) is 11.3. The number of aryl methyl sites for hydroxylation is 1. The number of carbonyl (C=O) groups excluding carboxylic acids is 2. The maximum absolute atomic E-state index is 14.1. The summed E-state index contributed by atoms with van der Waals surface area (Å²) in [6.45, 7) is 2.02. The lowest BCUT2D eigenvalue weighted by Gasteiger charge is -2.30. The number of rotatable bonds is 5. The molecule has 1 amide bonds. The number of carbonyl (C=O) groups is 2. The van der Waals surface area contributed by atoms with Crippen molar-refractivity contribution in [2.24, 2.45) is 5.92 Å². The topological polar surface area (TPSA) is 92.8 Å². The van der Waals surface area contributed by atoms with Crippen LogP contribution in [-0.4, -0.2) is 44.8 Å². The minimum Gasteiger partial charge on any atom is -0.465 e. The zero-order valence-corrected chi connectivity index (χ0v) is 17.9. The summed E-state index contributed by atoms with van der Waals surface area (Å²) in [4.78, 5) is 25.1. The van der Waals surface area contributed by atoms with Crippen molar-refractivity contribution in [2.75, 3.05) is 25.5 Å². The van der Waals surface area contributed by atoms with Gasteiger partial charge < -0.3 is 10.1 Å². The van der Waals surface area contributed by atoms with E-state index in [4.69, 9.17) is 0 Å². The van der Waals surface area contributed by atoms with Crippen LogP contribution in [-0.2, 0) is 19.6 Å². The number of hydrogen-bond acceptors (Lipinski definition) is 6. The molecule has 1 saturated heterocycles. The van der Waals surface area contributed by atoms with Crippen molar-refractivity contribution in [2.45, 2.75) is 24.0 Å². The van der Waals surface area contributed by atoms with Gasteiger partial charge in [-0.3, -0.25) is 4.79 Å². The number of halogens is 2. The molecular formula is C19H20F2N2O5S2. The number of amides is 1. The normalized spacial score (nSPS) is 17.5. The molecule has 0 bridgehead atoms. The molecule has 11 heteroatoms. The second-order valence-electron chi connectivity index (χ2n) is 6.86. The standard InChI is InChI=1S/C19H20F2N2O5S2/c1-11-5-6-17(29-11)30(26,27)23-7-3-4-12(10-23)18(24)22-16-8-13(19(25)28-2)14(20)9-15(16)21/h5-6,8-9,12H,3-4,7,10H2,1-2H3,(H,22,24)/t12-/m0/s1. The SMILES string of the molecule is COC(=O)c1cc(NC(=O)[C@H]2CCCN(S(=O)(=O)c3ccc(C)s3)C2)c(F)cc1F. The van der Waals surface area contributed by atoms with E-state index in [-0.39, 0.29) is 23.0 Å². The number of benzene rings is 1. The fraction of sp³-hybridized carbons (Fsp3) is 0.368. The molecular weight excluding hydrogens is 438 g/mol. The second-order valence-corrected chi connectivity index (χ2v) is 10.3. The molecule has 162 valence electrons. The van der Waals surface area contributed by atoms with E-state index in [0.717, 1.165) is 29.4 Å². The molecule has 1 aromatic heterocycles. The molecule has 7 nitrogen and oxygen atoms in total. The average molecular weight is 459 g/mol. The van der Waals surface area contributed by atoms with Gasteiger partial charge in [-0.15, -0.1) is 11.3 Å². The lowest BCUT2D eigenvalue weighted by atomic mass is 9.98. The molecule has 2 heterocycles. The Kier molecular flexibility index (Phi) is 6.53. The van der Waals surface area contributed by atoms with Crippen molar-refractivity contribution in [3.63, 3.8) is 0 Å². The van der Waals surface area contributed by atoms with Crippen LogP contribution in [0.1, 0.15) is 28.1 Å². The first-order valence-electron chi connectivity index (χ1n) is 9.08. The molecule has 0 spiro atoms. The van der Waals surface area contributed by atoms with E-state index in [9.17, 15) is 26.8 Å². The van der Waals surface area contributed by atoms with Crippen molar-refractivity contribution < 1.29 is 31.5 Å². The monoisotopic (exact) mass is 458 g/mol. The van der Waals surface area contributed by atoms with Gasteiger partial charge in [-0.05, 0) is 38.0 Å². The second kappa shape index (κ2) is 8.78. The lowest BCUT2D eigenvalue weighted by Crippen LogP contribution is -2.43. The number of nitrogens with one attached hydrogen (secondary N) is 1. The molecule has 3 rings (SSSR count). The number of methoxy groups -OCH3 is 1. The number of esters is 1. The highest BCUT2D eigenvalue weighted by Crippen LogP contribution is 2.29. The van der Waals surface area contributed by atoms with Gasteiger partial charge in [0.15, 0.2) is 0 Å². The van der Waals surface area contributed by atoms with Gasteiger partial charge in [-0.25, -0.2) is 22.0 Å². The van der Waals surface area contributed by atoms with E-state index in [1.54, 1.807) is 13.0 Å². The summed E-state index contributed by atoms with van der Waals surface area (Å²) in [5.74, 6) is -4.51. The molecule has 0 aliphatic carbocycles. The van der Waals surface area contributed by atoms with Crippen molar-refractivity contribution >= 4 is 38.9 Å². The third-order valence-corrected chi connectivity index (χ3v) is 8.12. The van der Waals surface area contributed by atoms with Crippen LogP contribution < -0.4 is 5.32 Å². The number of piperidine rings is 1.